The second-order valence-electron chi connectivity index (χ2n) is 5.18. The van der Waals surface area contributed by atoms with E-state index < -0.39 is 18.1 Å². The first-order valence-electron chi connectivity index (χ1n) is 6.59. The summed E-state index contributed by atoms with van der Waals surface area (Å²) in [5.74, 6) is -6.26. The highest BCUT2D eigenvalue weighted by molar-refractivity contribution is 6.01. The Bertz CT molecular complexity index is 775. The summed E-state index contributed by atoms with van der Waals surface area (Å²) in [7, 11) is 0. The molecule has 0 spiro atoms. The van der Waals surface area contributed by atoms with E-state index in [4.69, 9.17) is 0 Å². The summed E-state index contributed by atoms with van der Waals surface area (Å²) in [5.41, 5.74) is 2.93. The minimum Gasteiger partial charge on any atom is -0.358 e. The molecule has 24 heavy (non-hydrogen) atoms. The summed E-state index contributed by atoms with van der Waals surface area (Å²) in [6.07, 6.45) is -5.64. The van der Waals surface area contributed by atoms with E-state index in [0.29, 0.717) is 27.6 Å². The Balaban J connectivity index is 2.30. The molecule has 1 aromatic carbocycles. The van der Waals surface area contributed by atoms with E-state index in [9.17, 15) is 30.7 Å². The van der Waals surface area contributed by atoms with Crippen LogP contribution in [0.2, 0.25) is 0 Å². The third-order valence-electron chi connectivity index (χ3n) is 3.43. The molecule has 0 bridgehead atoms. The topological polar surface area (TPSA) is 40.2 Å². The third kappa shape index (κ3) is 2.92. The molecule has 0 radical (unpaired) electrons. The Morgan fingerprint density at radius 3 is 2.25 bits per heavy atom. The predicted octanol–water partition coefficient (Wildman–Crippen LogP) is 4.50. The van der Waals surface area contributed by atoms with Crippen LogP contribution in [0.25, 0.3) is 10.9 Å². The molecule has 132 valence electrons. The summed E-state index contributed by atoms with van der Waals surface area (Å²) in [6, 6.07) is -0.481. The molecule has 0 unspecified atom stereocenters. The van der Waals surface area contributed by atoms with E-state index in [-0.39, 0.29) is 0 Å². The second kappa shape index (κ2) is 5.67. The molecule has 1 heterocycles. The molecule has 0 aliphatic heterocycles. The molecular weight excluding hydrogens is 343 g/mol. The number of hydrazone groups is 1. The van der Waals surface area contributed by atoms with Crippen LogP contribution in [0.4, 0.5) is 30.7 Å². The zero-order valence-corrected chi connectivity index (χ0v) is 12.4. The van der Waals surface area contributed by atoms with Gasteiger partial charge in [-0.1, -0.05) is 18.2 Å². The molecule has 10 heteroatoms. The van der Waals surface area contributed by atoms with Crippen molar-refractivity contribution in [1.29, 1.82) is 0 Å². The fourth-order valence-corrected chi connectivity index (χ4v) is 2.11. The van der Waals surface area contributed by atoms with E-state index in [1.807, 2.05) is 0 Å². The highest BCUT2D eigenvalue weighted by Crippen LogP contribution is 2.45. The van der Waals surface area contributed by atoms with Crippen LogP contribution in [0, 0.1) is 13.8 Å². The van der Waals surface area contributed by atoms with Gasteiger partial charge in [-0.2, -0.15) is 35.8 Å². The van der Waals surface area contributed by atoms with Crippen molar-refractivity contribution in [3.05, 3.63) is 35.0 Å². The third-order valence-corrected chi connectivity index (χ3v) is 3.43. The van der Waals surface area contributed by atoms with Gasteiger partial charge in [0.1, 0.15) is 0 Å². The normalized spacial score (nSPS) is 13.9. The van der Waals surface area contributed by atoms with Crippen LogP contribution in [0.15, 0.2) is 23.3 Å². The maximum absolute atomic E-state index is 13.1. The Hall–Kier alpha value is -2.26. The van der Waals surface area contributed by atoms with Gasteiger partial charge in [-0.05, 0) is 19.4 Å². The Labute approximate surface area is 131 Å². The summed E-state index contributed by atoms with van der Waals surface area (Å²) >= 11 is 0. The number of hydrogen-bond donors (Lipinski definition) is 2. The molecule has 0 saturated heterocycles. The number of halogens is 7. The van der Waals surface area contributed by atoms with Crippen LogP contribution in [0.1, 0.15) is 16.8 Å². The quantitative estimate of drug-likeness (QED) is 0.361. The Morgan fingerprint density at radius 2 is 1.67 bits per heavy atom. The van der Waals surface area contributed by atoms with Gasteiger partial charge >= 0.3 is 18.1 Å². The molecule has 0 amide bonds. The smallest absolute Gasteiger partial charge is 0.358 e. The largest absolute Gasteiger partial charge is 0.462 e. The second-order valence-corrected chi connectivity index (χ2v) is 5.18. The average molecular weight is 355 g/mol. The molecule has 2 N–H and O–H groups in total. The highest BCUT2D eigenvalue weighted by Gasteiger charge is 2.73. The number of H-pyrrole nitrogens is 1. The monoisotopic (exact) mass is 355 g/mol. The van der Waals surface area contributed by atoms with Crippen LogP contribution in [-0.4, -0.2) is 29.3 Å². The lowest BCUT2D eigenvalue weighted by atomic mass is 10.1. The van der Waals surface area contributed by atoms with Gasteiger partial charge in [0.2, 0.25) is 0 Å². The summed E-state index contributed by atoms with van der Waals surface area (Å²) < 4.78 is 87.7. The number of rotatable bonds is 4. The molecule has 0 fully saturated rings. The molecular formula is C14H12F7N3. The number of aryl methyl sites for hydroxylation is 2. The van der Waals surface area contributed by atoms with E-state index in [1.165, 1.54) is 0 Å². The van der Waals surface area contributed by atoms with Crippen molar-refractivity contribution in [1.82, 2.24) is 10.4 Å². The van der Waals surface area contributed by atoms with Crippen molar-refractivity contribution < 1.29 is 30.7 Å². The van der Waals surface area contributed by atoms with E-state index in [2.05, 4.69) is 10.1 Å². The lowest BCUT2D eigenvalue weighted by Gasteiger charge is -2.27. The van der Waals surface area contributed by atoms with Crippen LogP contribution >= 0.6 is 0 Å². The van der Waals surface area contributed by atoms with Gasteiger partial charge in [0.15, 0.2) is 0 Å². The fourth-order valence-electron chi connectivity index (χ4n) is 2.11. The SMILES string of the molecule is Cc1[nH]c2c(C)cccc2c1/C=N/NC(F)(F)C(F)(F)C(F)(F)F. The van der Waals surface area contributed by atoms with Crippen molar-refractivity contribution in [2.75, 3.05) is 0 Å². The first-order chi connectivity index (χ1) is 10.9. The first kappa shape index (κ1) is 18.1. The standard InChI is InChI=1S/C14H12F7N3/c1-7-4-3-5-9-10(8(2)23-11(7)9)6-22-24-14(20,21)12(15,16)13(17,18)19/h3-6,23-24H,1-2H3/b22-6+. The number of aromatic amines is 1. The average Bonchev–Trinajstić information content (AvgIpc) is 2.75. The zero-order valence-electron chi connectivity index (χ0n) is 12.4. The molecule has 2 aromatic rings. The van der Waals surface area contributed by atoms with E-state index in [1.54, 1.807) is 32.0 Å². The summed E-state index contributed by atoms with van der Waals surface area (Å²) in [6.45, 7) is 3.37. The number of aromatic nitrogens is 1. The van der Waals surface area contributed by atoms with Gasteiger partial charge in [-0.15, -0.1) is 0 Å². The molecule has 3 nitrogen and oxygen atoms in total. The summed E-state index contributed by atoms with van der Waals surface area (Å²) in [5, 5.41) is 3.45. The zero-order chi connectivity index (χ0) is 18.3. The summed E-state index contributed by atoms with van der Waals surface area (Å²) in [4.78, 5) is 2.96. The van der Waals surface area contributed by atoms with Crippen molar-refractivity contribution >= 4 is 17.1 Å². The molecule has 0 aliphatic rings. The fraction of sp³-hybridized carbons (Fsp3) is 0.357. The molecule has 0 atom stereocenters. The first-order valence-corrected chi connectivity index (χ1v) is 6.59. The number of nitrogens with zero attached hydrogens (tertiary/aromatic N) is 1. The molecule has 0 saturated carbocycles. The van der Waals surface area contributed by atoms with Crippen molar-refractivity contribution in [3.8, 4) is 0 Å². The van der Waals surface area contributed by atoms with Gasteiger partial charge in [-0.25, -0.2) is 5.43 Å². The highest BCUT2D eigenvalue weighted by atomic mass is 19.4. The van der Waals surface area contributed by atoms with Gasteiger partial charge in [0, 0.05) is 22.2 Å². The molecule has 2 rings (SSSR count). The number of para-hydroxylation sites is 1. The lowest BCUT2D eigenvalue weighted by Crippen LogP contribution is -2.58. The lowest BCUT2D eigenvalue weighted by molar-refractivity contribution is -0.361. The van der Waals surface area contributed by atoms with Crippen LogP contribution in [-0.2, 0) is 0 Å². The number of fused-ring (bicyclic) bond motifs is 1. The van der Waals surface area contributed by atoms with Gasteiger partial charge < -0.3 is 4.98 Å². The number of alkyl halides is 7. The van der Waals surface area contributed by atoms with Gasteiger partial charge in [0.05, 0.1) is 6.21 Å². The van der Waals surface area contributed by atoms with Gasteiger partial charge in [-0.3, -0.25) is 0 Å². The molecule has 0 aliphatic carbocycles. The van der Waals surface area contributed by atoms with Crippen LogP contribution in [0.3, 0.4) is 0 Å². The van der Waals surface area contributed by atoms with Crippen molar-refractivity contribution in [3.63, 3.8) is 0 Å². The minimum absolute atomic E-state index is 0.298. The number of benzene rings is 1. The van der Waals surface area contributed by atoms with Crippen molar-refractivity contribution in [2.45, 2.75) is 32.0 Å². The number of nitrogens with one attached hydrogen (secondary N) is 2. The molecule has 1 aromatic heterocycles. The van der Waals surface area contributed by atoms with Gasteiger partial charge in [0.25, 0.3) is 0 Å². The van der Waals surface area contributed by atoms with E-state index >= 15 is 0 Å². The maximum Gasteiger partial charge on any atom is 0.462 e. The Kier molecular flexibility index (Phi) is 4.28. The van der Waals surface area contributed by atoms with Crippen molar-refractivity contribution in [2.24, 2.45) is 5.10 Å². The van der Waals surface area contributed by atoms with Crippen LogP contribution < -0.4 is 5.43 Å². The van der Waals surface area contributed by atoms with E-state index in [0.717, 1.165) is 11.8 Å². The van der Waals surface area contributed by atoms with Crippen LogP contribution in [0.5, 0.6) is 0 Å². The Morgan fingerprint density at radius 1 is 1.04 bits per heavy atom. The number of hydrogen-bond acceptors (Lipinski definition) is 2. The maximum atomic E-state index is 13.1. The minimum atomic E-state index is -6.41. The predicted molar refractivity (Wildman–Crippen MR) is 74.5 cm³/mol.